The molecule has 3 aromatic rings. The van der Waals surface area contributed by atoms with Gasteiger partial charge < -0.3 is 9.32 Å². The highest BCUT2D eigenvalue weighted by Crippen LogP contribution is 2.24. The van der Waals surface area contributed by atoms with Gasteiger partial charge in [0.1, 0.15) is 0 Å². The lowest BCUT2D eigenvalue weighted by atomic mass is 9.93. The molecule has 1 aliphatic heterocycles. The molecule has 6 nitrogen and oxygen atoms in total. The molecule has 0 atom stereocenters. The lowest BCUT2D eigenvalue weighted by Gasteiger charge is -2.31. The van der Waals surface area contributed by atoms with Gasteiger partial charge in [0.05, 0.1) is 5.56 Å². The molecule has 0 saturated carbocycles. The molecule has 0 N–H and O–H groups in total. The number of hydrogen-bond acceptors (Lipinski definition) is 5. The van der Waals surface area contributed by atoms with Crippen molar-refractivity contribution >= 4 is 21.8 Å². The van der Waals surface area contributed by atoms with Crippen LogP contribution in [0.5, 0.6) is 0 Å². The molecule has 0 radical (unpaired) electrons. The molecule has 138 valence electrons. The minimum atomic E-state index is 0.0337. The van der Waals surface area contributed by atoms with Gasteiger partial charge in [-0.15, -0.1) is 10.2 Å². The van der Waals surface area contributed by atoms with Crippen molar-refractivity contribution in [3.05, 3.63) is 64.7 Å². The second-order valence-corrected chi connectivity index (χ2v) is 7.61. The molecular weight excluding hydrogens is 408 g/mol. The van der Waals surface area contributed by atoms with E-state index >= 15 is 0 Å². The van der Waals surface area contributed by atoms with Gasteiger partial charge in [0, 0.05) is 41.9 Å². The number of halogens is 1. The summed E-state index contributed by atoms with van der Waals surface area (Å²) >= 11 is 3.36. The van der Waals surface area contributed by atoms with Crippen molar-refractivity contribution in [1.82, 2.24) is 20.1 Å². The van der Waals surface area contributed by atoms with Crippen molar-refractivity contribution in [3.8, 4) is 11.5 Å². The first-order valence-electron chi connectivity index (χ1n) is 8.96. The van der Waals surface area contributed by atoms with Crippen LogP contribution >= 0.6 is 15.9 Å². The number of amides is 1. The summed E-state index contributed by atoms with van der Waals surface area (Å²) in [6.07, 6.45) is 5.90. The first-order chi connectivity index (χ1) is 13.2. The molecule has 0 unspecified atom stereocenters. The number of pyridine rings is 1. The van der Waals surface area contributed by atoms with Crippen molar-refractivity contribution < 1.29 is 9.21 Å². The second kappa shape index (κ2) is 8.00. The summed E-state index contributed by atoms with van der Waals surface area (Å²) in [5.41, 5.74) is 1.55. The number of piperidine rings is 1. The van der Waals surface area contributed by atoms with Crippen LogP contribution < -0.4 is 0 Å². The Balaban J connectivity index is 1.33. The van der Waals surface area contributed by atoms with Crippen molar-refractivity contribution in [3.63, 3.8) is 0 Å². The van der Waals surface area contributed by atoms with Gasteiger partial charge in [-0.05, 0) is 52.9 Å². The Morgan fingerprint density at radius 2 is 1.93 bits per heavy atom. The highest BCUT2D eigenvalue weighted by Gasteiger charge is 2.25. The van der Waals surface area contributed by atoms with Crippen LogP contribution in [0, 0.1) is 5.92 Å². The van der Waals surface area contributed by atoms with E-state index in [2.05, 4.69) is 31.1 Å². The van der Waals surface area contributed by atoms with E-state index in [1.165, 1.54) is 0 Å². The van der Waals surface area contributed by atoms with Crippen LogP contribution in [0.2, 0.25) is 0 Å². The lowest BCUT2D eigenvalue weighted by molar-refractivity contribution is 0.0687. The summed E-state index contributed by atoms with van der Waals surface area (Å²) in [7, 11) is 0. The third-order valence-corrected chi connectivity index (χ3v) is 5.24. The van der Waals surface area contributed by atoms with Gasteiger partial charge in [0.15, 0.2) is 0 Å². The molecule has 1 aliphatic rings. The number of carbonyl (C=O) groups is 1. The zero-order valence-corrected chi connectivity index (χ0v) is 16.3. The summed E-state index contributed by atoms with van der Waals surface area (Å²) in [4.78, 5) is 18.6. The highest BCUT2D eigenvalue weighted by atomic mass is 79.9. The van der Waals surface area contributed by atoms with Crippen LogP contribution in [-0.2, 0) is 6.42 Å². The molecule has 1 amide bonds. The van der Waals surface area contributed by atoms with Gasteiger partial charge in [-0.1, -0.05) is 18.2 Å². The fourth-order valence-electron chi connectivity index (χ4n) is 3.33. The average Bonchev–Trinajstić information content (AvgIpc) is 3.17. The van der Waals surface area contributed by atoms with Crippen LogP contribution in [0.15, 0.2) is 57.7 Å². The van der Waals surface area contributed by atoms with Gasteiger partial charge >= 0.3 is 0 Å². The van der Waals surface area contributed by atoms with Crippen LogP contribution in [0.25, 0.3) is 11.5 Å². The molecule has 4 rings (SSSR count). The number of rotatable bonds is 4. The van der Waals surface area contributed by atoms with Crippen molar-refractivity contribution in [2.24, 2.45) is 5.92 Å². The first-order valence-corrected chi connectivity index (χ1v) is 9.76. The predicted molar refractivity (Wildman–Crippen MR) is 104 cm³/mol. The number of hydrogen-bond donors (Lipinski definition) is 0. The Morgan fingerprint density at radius 3 is 2.67 bits per heavy atom. The molecule has 0 aliphatic carbocycles. The summed E-state index contributed by atoms with van der Waals surface area (Å²) in [5.74, 6) is 1.69. The second-order valence-electron chi connectivity index (χ2n) is 6.70. The molecule has 1 saturated heterocycles. The van der Waals surface area contributed by atoms with E-state index in [0.717, 1.165) is 42.4 Å². The fraction of sp³-hybridized carbons (Fsp3) is 0.300. The molecular formula is C20H19BrN4O2. The summed E-state index contributed by atoms with van der Waals surface area (Å²) < 4.78 is 6.63. The topological polar surface area (TPSA) is 72.1 Å². The maximum atomic E-state index is 12.6. The van der Waals surface area contributed by atoms with Gasteiger partial charge in [-0.2, -0.15) is 0 Å². The maximum Gasteiger partial charge on any atom is 0.255 e. The van der Waals surface area contributed by atoms with Crippen LogP contribution in [-0.4, -0.2) is 39.1 Å². The molecule has 7 heteroatoms. The van der Waals surface area contributed by atoms with Gasteiger partial charge in [-0.3, -0.25) is 9.78 Å². The number of nitrogens with zero attached hydrogens (tertiary/aromatic N) is 4. The third kappa shape index (κ3) is 4.24. The van der Waals surface area contributed by atoms with E-state index in [0.29, 0.717) is 23.3 Å². The van der Waals surface area contributed by atoms with Gasteiger partial charge in [0.25, 0.3) is 5.91 Å². The Bertz CT molecular complexity index is 920. The SMILES string of the molecule is O=C(c1cncc(Br)c1)N1CCC(Cc2nnc(-c3ccccc3)o2)CC1. The average molecular weight is 427 g/mol. The number of aromatic nitrogens is 3. The van der Waals surface area contributed by atoms with Gasteiger partial charge in [0.2, 0.25) is 11.8 Å². The number of carbonyl (C=O) groups excluding carboxylic acids is 1. The summed E-state index contributed by atoms with van der Waals surface area (Å²) in [6.45, 7) is 1.46. The molecule has 2 aromatic heterocycles. The number of benzene rings is 1. The summed E-state index contributed by atoms with van der Waals surface area (Å²) in [6, 6.07) is 11.6. The highest BCUT2D eigenvalue weighted by molar-refractivity contribution is 9.10. The van der Waals surface area contributed by atoms with E-state index in [9.17, 15) is 4.79 Å². The lowest BCUT2D eigenvalue weighted by Crippen LogP contribution is -2.39. The smallest absolute Gasteiger partial charge is 0.255 e. The Kier molecular flexibility index (Phi) is 5.29. The van der Waals surface area contributed by atoms with Crippen molar-refractivity contribution in [2.75, 3.05) is 13.1 Å². The molecule has 27 heavy (non-hydrogen) atoms. The zero-order chi connectivity index (χ0) is 18.6. The minimum Gasteiger partial charge on any atom is -0.421 e. The Hall–Kier alpha value is -2.54. The largest absolute Gasteiger partial charge is 0.421 e. The van der Waals surface area contributed by atoms with Crippen LogP contribution in [0.1, 0.15) is 29.1 Å². The monoisotopic (exact) mass is 426 g/mol. The fourth-order valence-corrected chi connectivity index (χ4v) is 3.70. The third-order valence-electron chi connectivity index (χ3n) is 4.80. The van der Waals surface area contributed by atoms with Crippen molar-refractivity contribution in [2.45, 2.75) is 19.3 Å². The van der Waals surface area contributed by atoms with Crippen LogP contribution in [0.3, 0.4) is 0 Å². The standard InChI is InChI=1S/C20H19BrN4O2/c21-17-11-16(12-22-13-17)20(26)25-8-6-14(7-9-25)10-18-23-24-19(27-18)15-4-2-1-3-5-15/h1-5,11-14H,6-10H2. The molecule has 1 fully saturated rings. The normalized spacial score (nSPS) is 15.1. The van der Waals surface area contributed by atoms with Crippen molar-refractivity contribution in [1.29, 1.82) is 0 Å². The van der Waals surface area contributed by atoms with E-state index in [-0.39, 0.29) is 5.91 Å². The quantitative estimate of drug-likeness (QED) is 0.630. The zero-order valence-electron chi connectivity index (χ0n) is 14.7. The Morgan fingerprint density at radius 1 is 1.15 bits per heavy atom. The minimum absolute atomic E-state index is 0.0337. The molecule has 0 spiro atoms. The molecule has 3 heterocycles. The molecule has 1 aromatic carbocycles. The first kappa shape index (κ1) is 17.9. The maximum absolute atomic E-state index is 12.6. The van der Waals surface area contributed by atoms with E-state index in [1.807, 2.05) is 41.3 Å². The summed E-state index contributed by atoms with van der Waals surface area (Å²) in [5, 5.41) is 8.34. The van der Waals surface area contributed by atoms with E-state index in [1.54, 1.807) is 12.4 Å². The van der Waals surface area contributed by atoms with E-state index < -0.39 is 0 Å². The van der Waals surface area contributed by atoms with E-state index in [4.69, 9.17) is 4.42 Å². The van der Waals surface area contributed by atoms with Gasteiger partial charge in [-0.25, -0.2) is 0 Å². The van der Waals surface area contributed by atoms with Crippen LogP contribution in [0.4, 0.5) is 0 Å². The number of likely N-dealkylation sites (tertiary alicyclic amines) is 1. The Labute approximate surface area is 165 Å². The predicted octanol–water partition coefficient (Wildman–Crippen LogP) is 3.99. The molecule has 0 bridgehead atoms.